The summed E-state index contributed by atoms with van der Waals surface area (Å²) in [6.07, 6.45) is 4.09. The third-order valence-corrected chi connectivity index (χ3v) is 4.44. The van der Waals surface area contributed by atoms with E-state index in [0.717, 1.165) is 18.8 Å². The maximum Gasteiger partial charge on any atom is 0.0366 e. The molecular weight excluding hydrogens is 232 g/mol. The molecule has 0 atom stereocenters. The second kappa shape index (κ2) is 4.86. The monoisotopic (exact) mass is 254 g/mol. The van der Waals surface area contributed by atoms with Crippen LogP contribution in [0.15, 0.2) is 36.4 Å². The Balaban J connectivity index is 1.71. The predicted octanol–water partition coefficient (Wildman–Crippen LogP) is 3.70. The Bertz CT molecular complexity index is 585. The topological polar surface area (TPSA) is 38.0 Å². The van der Waals surface area contributed by atoms with E-state index < -0.39 is 0 Å². The maximum absolute atomic E-state index is 6.14. The van der Waals surface area contributed by atoms with Crippen molar-refractivity contribution in [3.05, 3.63) is 42.0 Å². The molecule has 0 unspecified atom stereocenters. The average molecular weight is 254 g/mol. The molecule has 1 saturated carbocycles. The van der Waals surface area contributed by atoms with Crippen LogP contribution >= 0.6 is 0 Å². The van der Waals surface area contributed by atoms with Crippen molar-refractivity contribution in [2.24, 2.45) is 5.41 Å². The van der Waals surface area contributed by atoms with Crippen molar-refractivity contribution < 1.29 is 0 Å². The van der Waals surface area contributed by atoms with Crippen LogP contribution in [0.1, 0.15) is 31.7 Å². The highest BCUT2D eigenvalue weighted by molar-refractivity contribution is 5.86. The lowest BCUT2D eigenvalue weighted by Gasteiger charge is -2.38. The molecule has 100 valence electrons. The van der Waals surface area contributed by atoms with E-state index in [-0.39, 0.29) is 0 Å². The molecular formula is C17H22N2. The van der Waals surface area contributed by atoms with E-state index in [1.165, 1.54) is 35.6 Å². The third kappa shape index (κ3) is 2.59. The molecule has 3 rings (SSSR count). The summed E-state index contributed by atoms with van der Waals surface area (Å²) in [6, 6.07) is 12.7. The van der Waals surface area contributed by atoms with Gasteiger partial charge in [-0.15, -0.1) is 0 Å². The highest BCUT2D eigenvalue weighted by Crippen LogP contribution is 2.39. The molecule has 2 aromatic rings. The Morgan fingerprint density at radius 3 is 2.47 bits per heavy atom. The molecule has 0 radical (unpaired) electrons. The Morgan fingerprint density at radius 2 is 1.84 bits per heavy atom. The fourth-order valence-electron chi connectivity index (χ4n) is 2.91. The summed E-state index contributed by atoms with van der Waals surface area (Å²) in [7, 11) is 0. The van der Waals surface area contributed by atoms with Crippen LogP contribution in [0, 0.1) is 5.41 Å². The molecule has 0 saturated heterocycles. The SMILES string of the molecule is CC1(CNCc2cc3ccccc3cc2N)CCC1. The number of anilines is 1. The van der Waals surface area contributed by atoms with Gasteiger partial charge in [0, 0.05) is 18.8 Å². The summed E-state index contributed by atoms with van der Waals surface area (Å²) in [6.45, 7) is 4.33. The zero-order valence-electron chi connectivity index (χ0n) is 11.6. The number of rotatable bonds is 4. The van der Waals surface area contributed by atoms with Gasteiger partial charge in [0.15, 0.2) is 0 Å². The van der Waals surface area contributed by atoms with Crippen LogP contribution in [-0.2, 0) is 6.54 Å². The molecule has 19 heavy (non-hydrogen) atoms. The summed E-state index contributed by atoms with van der Waals surface area (Å²) in [5.74, 6) is 0. The van der Waals surface area contributed by atoms with E-state index in [1.54, 1.807) is 0 Å². The van der Waals surface area contributed by atoms with Crippen LogP contribution in [0.2, 0.25) is 0 Å². The van der Waals surface area contributed by atoms with Gasteiger partial charge < -0.3 is 11.1 Å². The number of benzene rings is 2. The number of nitrogens with two attached hydrogens (primary N) is 1. The minimum absolute atomic E-state index is 0.519. The molecule has 2 heteroatoms. The van der Waals surface area contributed by atoms with Crippen LogP contribution < -0.4 is 11.1 Å². The molecule has 0 spiro atoms. The molecule has 0 bridgehead atoms. The van der Waals surface area contributed by atoms with E-state index in [4.69, 9.17) is 5.73 Å². The van der Waals surface area contributed by atoms with Crippen molar-refractivity contribution in [1.29, 1.82) is 0 Å². The van der Waals surface area contributed by atoms with Gasteiger partial charge >= 0.3 is 0 Å². The Kier molecular flexibility index (Phi) is 3.19. The number of fused-ring (bicyclic) bond motifs is 1. The van der Waals surface area contributed by atoms with Crippen LogP contribution in [0.25, 0.3) is 10.8 Å². The van der Waals surface area contributed by atoms with Crippen molar-refractivity contribution in [3.63, 3.8) is 0 Å². The molecule has 0 aromatic heterocycles. The van der Waals surface area contributed by atoms with E-state index in [2.05, 4.69) is 48.6 Å². The van der Waals surface area contributed by atoms with Crippen LogP contribution in [0.5, 0.6) is 0 Å². The average Bonchev–Trinajstić information content (AvgIpc) is 2.37. The quantitative estimate of drug-likeness (QED) is 0.816. The first-order valence-corrected chi connectivity index (χ1v) is 7.14. The summed E-state index contributed by atoms with van der Waals surface area (Å²) < 4.78 is 0. The first-order valence-electron chi connectivity index (χ1n) is 7.14. The zero-order chi connectivity index (χ0) is 13.3. The standard InChI is InChI=1S/C17H22N2/c1-17(7-4-8-17)12-19-11-15-9-13-5-2-3-6-14(13)10-16(15)18/h2-3,5-6,9-10,19H,4,7-8,11-12,18H2,1H3. The van der Waals surface area contributed by atoms with Crippen LogP contribution in [0.3, 0.4) is 0 Å². The number of hydrogen-bond donors (Lipinski definition) is 2. The van der Waals surface area contributed by atoms with Gasteiger partial charge in [0.1, 0.15) is 0 Å². The predicted molar refractivity (Wildman–Crippen MR) is 82.0 cm³/mol. The Labute approximate surface area is 115 Å². The van der Waals surface area contributed by atoms with Crippen LogP contribution in [0.4, 0.5) is 5.69 Å². The van der Waals surface area contributed by atoms with Crippen molar-refractivity contribution in [2.45, 2.75) is 32.7 Å². The van der Waals surface area contributed by atoms with Crippen molar-refractivity contribution in [3.8, 4) is 0 Å². The molecule has 0 amide bonds. The largest absolute Gasteiger partial charge is 0.398 e. The van der Waals surface area contributed by atoms with Crippen molar-refractivity contribution in [1.82, 2.24) is 5.32 Å². The lowest BCUT2D eigenvalue weighted by Crippen LogP contribution is -2.37. The first kappa shape index (κ1) is 12.5. The van der Waals surface area contributed by atoms with Crippen molar-refractivity contribution in [2.75, 3.05) is 12.3 Å². The maximum atomic E-state index is 6.14. The normalized spacial score (nSPS) is 17.3. The smallest absolute Gasteiger partial charge is 0.0366 e. The molecule has 0 aliphatic heterocycles. The molecule has 1 fully saturated rings. The highest BCUT2D eigenvalue weighted by Gasteiger charge is 2.30. The fraction of sp³-hybridized carbons (Fsp3) is 0.412. The van der Waals surface area contributed by atoms with Gasteiger partial charge in [0.05, 0.1) is 0 Å². The number of nitrogens with one attached hydrogen (secondary N) is 1. The van der Waals surface area contributed by atoms with E-state index >= 15 is 0 Å². The van der Waals surface area contributed by atoms with Gasteiger partial charge in [-0.05, 0) is 46.7 Å². The zero-order valence-corrected chi connectivity index (χ0v) is 11.6. The Morgan fingerprint density at radius 1 is 1.16 bits per heavy atom. The van der Waals surface area contributed by atoms with Gasteiger partial charge in [0.2, 0.25) is 0 Å². The molecule has 1 aliphatic rings. The highest BCUT2D eigenvalue weighted by atomic mass is 14.9. The molecule has 0 heterocycles. The second-order valence-electron chi connectivity index (χ2n) is 6.17. The molecule has 3 N–H and O–H groups in total. The summed E-state index contributed by atoms with van der Waals surface area (Å²) in [5, 5.41) is 6.05. The lowest BCUT2D eigenvalue weighted by molar-refractivity contribution is 0.156. The first-order chi connectivity index (χ1) is 9.16. The minimum Gasteiger partial charge on any atom is -0.398 e. The fourth-order valence-corrected chi connectivity index (χ4v) is 2.91. The van der Waals surface area contributed by atoms with E-state index in [9.17, 15) is 0 Å². The summed E-state index contributed by atoms with van der Waals surface area (Å²) in [5.41, 5.74) is 8.77. The second-order valence-corrected chi connectivity index (χ2v) is 6.17. The van der Waals surface area contributed by atoms with E-state index in [0.29, 0.717) is 5.41 Å². The van der Waals surface area contributed by atoms with Crippen LogP contribution in [-0.4, -0.2) is 6.54 Å². The van der Waals surface area contributed by atoms with Gasteiger partial charge in [0.25, 0.3) is 0 Å². The molecule has 2 aromatic carbocycles. The van der Waals surface area contributed by atoms with Gasteiger partial charge in [-0.25, -0.2) is 0 Å². The molecule has 1 aliphatic carbocycles. The number of hydrogen-bond acceptors (Lipinski definition) is 2. The summed E-state index contributed by atoms with van der Waals surface area (Å²) in [4.78, 5) is 0. The number of nitrogen functional groups attached to an aromatic ring is 1. The van der Waals surface area contributed by atoms with Gasteiger partial charge in [-0.2, -0.15) is 0 Å². The minimum atomic E-state index is 0.519. The third-order valence-electron chi connectivity index (χ3n) is 4.44. The molecule has 2 nitrogen and oxygen atoms in total. The lowest BCUT2D eigenvalue weighted by atomic mass is 9.70. The Hall–Kier alpha value is -1.54. The van der Waals surface area contributed by atoms with Gasteiger partial charge in [-0.1, -0.05) is 37.6 Å². The van der Waals surface area contributed by atoms with Gasteiger partial charge in [-0.3, -0.25) is 0 Å². The van der Waals surface area contributed by atoms with Crippen molar-refractivity contribution >= 4 is 16.5 Å². The summed E-state index contributed by atoms with van der Waals surface area (Å²) >= 11 is 0. The van der Waals surface area contributed by atoms with E-state index in [1.807, 2.05) is 0 Å².